The molecule has 1 N–H and O–H groups in total. The number of sulfonamides is 1. The van der Waals surface area contributed by atoms with Crippen LogP contribution in [-0.4, -0.2) is 56.3 Å². The van der Waals surface area contributed by atoms with Gasteiger partial charge in [-0.15, -0.1) is 0 Å². The fourth-order valence-electron chi connectivity index (χ4n) is 1.93. The van der Waals surface area contributed by atoms with Crippen molar-refractivity contribution in [3.63, 3.8) is 0 Å². The van der Waals surface area contributed by atoms with E-state index in [1.54, 1.807) is 6.92 Å². The summed E-state index contributed by atoms with van der Waals surface area (Å²) in [5.41, 5.74) is 0.570. The Hall–Kier alpha value is -1.39. The van der Waals surface area contributed by atoms with E-state index in [1.807, 2.05) is 0 Å². The predicted octanol–water partition coefficient (Wildman–Crippen LogP) is -0.540. The van der Waals surface area contributed by atoms with E-state index in [-0.39, 0.29) is 5.09 Å². The maximum atomic E-state index is 12.3. The summed E-state index contributed by atoms with van der Waals surface area (Å²) in [4.78, 5) is 11.1. The van der Waals surface area contributed by atoms with Crippen LogP contribution in [0.5, 0.6) is 0 Å². The number of nitrogens with zero attached hydrogens (tertiary/aromatic N) is 1. The second-order valence-corrected chi connectivity index (χ2v) is 8.58. The van der Waals surface area contributed by atoms with Gasteiger partial charge in [-0.3, -0.25) is 4.79 Å². The third kappa shape index (κ3) is 2.72. The Bertz CT molecular complexity index is 731. The van der Waals surface area contributed by atoms with Gasteiger partial charge < -0.3 is 9.52 Å². The molecule has 0 spiro atoms. The maximum absolute atomic E-state index is 12.3. The Balaban J connectivity index is 2.42. The summed E-state index contributed by atoms with van der Waals surface area (Å²) in [7, 11) is -7.73. The number of hydrogen-bond acceptors (Lipinski definition) is 6. The van der Waals surface area contributed by atoms with Crippen LogP contribution in [0.25, 0.3) is 0 Å². The number of sulfone groups is 1. The Kier molecular flexibility index (Phi) is 3.65. The summed E-state index contributed by atoms with van der Waals surface area (Å²) in [6.07, 6.45) is 1.23. The number of furan rings is 1. The van der Waals surface area contributed by atoms with Gasteiger partial charge >= 0.3 is 5.97 Å². The van der Waals surface area contributed by atoms with Gasteiger partial charge in [-0.2, -0.15) is 4.31 Å². The third-order valence-electron chi connectivity index (χ3n) is 2.94. The Morgan fingerprint density at radius 1 is 1.50 bits per heavy atom. The molecule has 10 heteroatoms. The molecule has 1 unspecified atom stereocenters. The highest BCUT2D eigenvalue weighted by molar-refractivity contribution is 7.92. The fourth-order valence-corrected chi connectivity index (χ4v) is 5.15. The number of rotatable bonds is 3. The number of carbonyl (C=O) groups is 1. The molecule has 1 saturated heterocycles. The largest absolute Gasteiger partial charge is 0.480 e. The average Bonchev–Trinajstić information content (AvgIpc) is 2.75. The zero-order valence-corrected chi connectivity index (χ0v) is 12.1. The lowest BCUT2D eigenvalue weighted by atomic mass is 10.3. The number of carboxylic acids is 1. The SMILES string of the molecule is Cc1coc(S(=O)(=O)N2CCS(=O)(=O)CC2C(=O)O)c1. The van der Waals surface area contributed by atoms with Crippen LogP contribution in [0.4, 0.5) is 0 Å². The number of aryl methyl sites for hydroxylation is 1. The van der Waals surface area contributed by atoms with Crippen molar-refractivity contribution in [3.8, 4) is 0 Å². The molecular formula is C10H13NO7S2. The zero-order valence-electron chi connectivity index (χ0n) is 10.5. The highest BCUT2D eigenvalue weighted by Gasteiger charge is 2.43. The van der Waals surface area contributed by atoms with Crippen LogP contribution in [-0.2, 0) is 24.7 Å². The van der Waals surface area contributed by atoms with Gasteiger partial charge in [0.2, 0.25) is 5.09 Å². The molecule has 1 aliphatic heterocycles. The van der Waals surface area contributed by atoms with Gasteiger partial charge in [0.25, 0.3) is 10.0 Å². The minimum atomic E-state index is -4.16. The van der Waals surface area contributed by atoms with Crippen LogP contribution in [0, 0.1) is 6.92 Å². The van der Waals surface area contributed by atoms with Crippen LogP contribution in [0.3, 0.4) is 0 Å². The van der Waals surface area contributed by atoms with Crippen molar-refractivity contribution >= 4 is 25.8 Å². The number of hydrogen-bond donors (Lipinski definition) is 1. The van der Waals surface area contributed by atoms with Crippen molar-refractivity contribution in [1.29, 1.82) is 0 Å². The summed E-state index contributed by atoms with van der Waals surface area (Å²) >= 11 is 0. The quantitative estimate of drug-likeness (QED) is 0.792. The Labute approximate surface area is 116 Å². The first-order valence-corrected chi connectivity index (χ1v) is 8.90. The van der Waals surface area contributed by atoms with Crippen LogP contribution in [0.1, 0.15) is 5.56 Å². The van der Waals surface area contributed by atoms with Gasteiger partial charge in [-0.1, -0.05) is 0 Å². The molecule has 8 nitrogen and oxygen atoms in total. The number of aliphatic carboxylic acids is 1. The lowest BCUT2D eigenvalue weighted by Crippen LogP contribution is -2.54. The van der Waals surface area contributed by atoms with E-state index in [1.165, 1.54) is 12.3 Å². The highest BCUT2D eigenvalue weighted by Crippen LogP contribution is 2.24. The molecule has 1 fully saturated rings. The maximum Gasteiger partial charge on any atom is 0.323 e. The zero-order chi connectivity index (χ0) is 15.1. The van der Waals surface area contributed by atoms with Gasteiger partial charge in [0, 0.05) is 12.6 Å². The molecule has 1 aromatic heterocycles. The van der Waals surface area contributed by atoms with Gasteiger partial charge in [0.05, 0.1) is 17.8 Å². The Morgan fingerprint density at radius 2 is 2.15 bits per heavy atom. The molecule has 0 radical (unpaired) electrons. The smallest absolute Gasteiger partial charge is 0.323 e. The van der Waals surface area contributed by atoms with Crippen molar-refractivity contribution in [2.24, 2.45) is 0 Å². The van der Waals surface area contributed by atoms with Gasteiger partial charge in [-0.25, -0.2) is 16.8 Å². The highest BCUT2D eigenvalue weighted by atomic mass is 32.2. The molecule has 2 rings (SSSR count). The molecule has 0 saturated carbocycles. The summed E-state index contributed by atoms with van der Waals surface area (Å²) in [6.45, 7) is 1.22. The minimum absolute atomic E-state index is 0.388. The van der Waals surface area contributed by atoms with Gasteiger partial charge in [0.1, 0.15) is 6.04 Å². The molecule has 0 aliphatic carbocycles. The molecule has 1 aliphatic rings. The van der Waals surface area contributed by atoms with Gasteiger partial charge in [-0.05, 0) is 12.5 Å². The molecule has 2 heterocycles. The molecule has 0 bridgehead atoms. The molecule has 0 amide bonds. The van der Waals surface area contributed by atoms with E-state index in [0.717, 1.165) is 0 Å². The standard InChI is InChI=1S/C10H13NO7S2/c1-7-4-9(18-5-7)20(16,17)11-2-3-19(14,15)6-8(11)10(12)13/h4-5,8H,2-3,6H2,1H3,(H,12,13). The second-order valence-electron chi connectivity index (χ2n) is 4.53. The minimum Gasteiger partial charge on any atom is -0.480 e. The average molecular weight is 323 g/mol. The molecule has 1 aromatic rings. The van der Waals surface area contributed by atoms with Crippen molar-refractivity contribution in [3.05, 3.63) is 17.9 Å². The first-order chi connectivity index (χ1) is 9.13. The van der Waals surface area contributed by atoms with E-state index in [2.05, 4.69) is 0 Å². The van der Waals surface area contributed by atoms with E-state index in [4.69, 9.17) is 9.52 Å². The van der Waals surface area contributed by atoms with Crippen LogP contribution < -0.4 is 0 Å². The lowest BCUT2D eigenvalue weighted by molar-refractivity contribution is -0.140. The summed E-state index contributed by atoms with van der Waals surface area (Å²) < 4.78 is 53.1. The van der Waals surface area contributed by atoms with Crippen molar-refractivity contribution in [2.75, 3.05) is 18.1 Å². The van der Waals surface area contributed by atoms with Crippen molar-refractivity contribution < 1.29 is 31.2 Å². The van der Waals surface area contributed by atoms with Crippen LogP contribution in [0.15, 0.2) is 21.8 Å². The second kappa shape index (κ2) is 4.86. The van der Waals surface area contributed by atoms with Gasteiger partial charge in [0.15, 0.2) is 9.84 Å². The molecule has 20 heavy (non-hydrogen) atoms. The van der Waals surface area contributed by atoms with E-state index < -0.39 is 49.9 Å². The fraction of sp³-hybridized carbons (Fsp3) is 0.500. The van der Waals surface area contributed by atoms with E-state index in [9.17, 15) is 21.6 Å². The lowest BCUT2D eigenvalue weighted by Gasteiger charge is -2.30. The molecule has 0 aromatic carbocycles. The molecule has 112 valence electrons. The van der Waals surface area contributed by atoms with E-state index in [0.29, 0.717) is 9.87 Å². The first kappa shape index (κ1) is 15.0. The van der Waals surface area contributed by atoms with E-state index >= 15 is 0 Å². The third-order valence-corrected chi connectivity index (χ3v) is 6.34. The monoisotopic (exact) mass is 323 g/mol. The topological polar surface area (TPSA) is 122 Å². The molecule has 1 atom stereocenters. The van der Waals surface area contributed by atoms with Crippen LogP contribution in [0.2, 0.25) is 0 Å². The normalized spacial score (nSPS) is 23.6. The Morgan fingerprint density at radius 3 is 2.65 bits per heavy atom. The summed E-state index contributed by atoms with van der Waals surface area (Å²) in [5.74, 6) is -2.64. The number of carboxylic acid groups (broad SMARTS) is 1. The molecular weight excluding hydrogens is 310 g/mol. The van der Waals surface area contributed by atoms with Crippen LogP contribution >= 0.6 is 0 Å². The predicted molar refractivity (Wildman–Crippen MR) is 67.4 cm³/mol. The first-order valence-electron chi connectivity index (χ1n) is 5.64. The summed E-state index contributed by atoms with van der Waals surface area (Å²) in [6, 6.07) is -0.374. The van der Waals surface area contributed by atoms with Crippen molar-refractivity contribution in [2.45, 2.75) is 18.1 Å². The summed E-state index contributed by atoms with van der Waals surface area (Å²) in [5, 5.41) is 8.67. The van der Waals surface area contributed by atoms with Crippen molar-refractivity contribution in [1.82, 2.24) is 4.31 Å².